The number of carboxylic acids is 1. The molecule has 0 bridgehead atoms. The SMILES string of the molecule is O=C(O)c1ccc(F)c(NC(=O)c2ccc(CBr)cc2)c1. The second kappa shape index (κ2) is 6.49. The summed E-state index contributed by atoms with van der Waals surface area (Å²) in [4.78, 5) is 22.9. The molecule has 0 saturated carbocycles. The molecule has 0 saturated heterocycles. The molecule has 2 N–H and O–H groups in total. The lowest BCUT2D eigenvalue weighted by molar-refractivity contribution is 0.0696. The Morgan fingerprint density at radius 3 is 2.29 bits per heavy atom. The Balaban J connectivity index is 2.22. The van der Waals surface area contributed by atoms with Crippen molar-refractivity contribution in [1.82, 2.24) is 0 Å². The first-order valence-corrected chi connectivity index (χ1v) is 7.12. The molecule has 0 spiro atoms. The highest BCUT2D eigenvalue weighted by Crippen LogP contribution is 2.18. The minimum atomic E-state index is -1.19. The molecule has 4 nitrogen and oxygen atoms in total. The fourth-order valence-corrected chi connectivity index (χ4v) is 2.07. The third-order valence-electron chi connectivity index (χ3n) is 2.83. The monoisotopic (exact) mass is 351 g/mol. The number of carbonyl (C=O) groups excluding carboxylic acids is 1. The van der Waals surface area contributed by atoms with Crippen LogP contribution in [0.1, 0.15) is 26.3 Å². The topological polar surface area (TPSA) is 66.4 Å². The first-order chi connectivity index (χ1) is 10.0. The maximum Gasteiger partial charge on any atom is 0.335 e. The van der Waals surface area contributed by atoms with Gasteiger partial charge in [0.05, 0.1) is 11.3 Å². The third-order valence-corrected chi connectivity index (χ3v) is 3.48. The lowest BCUT2D eigenvalue weighted by Gasteiger charge is -2.08. The number of aromatic carboxylic acids is 1. The van der Waals surface area contributed by atoms with E-state index in [1.807, 2.05) is 0 Å². The Labute approximate surface area is 128 Å². The highest BCUT2D eigenvalue weighted by Gasteiger charge is 2.12. The van der Waals surface area contributed by atoms with Crippen LogP contribution in [0.2, 0.25) is 0 Å². The van der Waals surface area contributed by atoms with Gasteiger partial charge in [-0.05, 0) is 35.9 Å². The minimum absolute atomic E-state index is 0.0960. The lowest BCUT2D eigenvalue weighted by atomic mass is 10.1. The summed E-state index contributed by atoms with van der Waals surface area (Å²) < 4.78 is 13.6. The van der Waals surface area contributed by atoms with Crippen LogP contribution >= 0.6 is 15.9 Å². The molecule has 0 radical (unpaired) electrons. The van der Waals surface area contributed by atoms with Gasteiger partial charge in [0.15, 0.2) is 0 Å². The van der Waals surface area contributed by atoms with Gasteiger partial charge in [-0.1, -0.05) is 28.1 Å². The van der Waals surface area contributed by atoms with Crippen LogP contribution in [0.4, 0.5) is 10.1 Å². The van der Waals surface area contributed by atoms with E-state index in [2.05, 4.69) is 21.2 Å². The molecule has 2 aromatic rings. The Morgan fingerprint density at radius 1 is 1.10 bits per heavy atom. The molecular formula is C15H11BrFNO3. The van der Waals surface area contributed by atoms with Crippen molar-refractivity contribution in [2.45, 2.75) is 5.33 Å². The van der Waals surface area contributed by atoms with Gasteiger partial charge in [0.2, 0.25) is 0 Å². The van der Waals surface area contributed by atoms with Crippen LogP contribution in [0.3, 0.4) is 0 Å². The Bertz CT molecular complexity index is 686. The number of nitrogens with one attached hydrogen (secondary N) is 1. The Kier molecular flexibility index (Phi) is 4.70. The van der Waals surface area contributed by atoms with E-state index in [-0.39, 0.29) is 11.3 Å². The van der Waals surface area contributed by atoms with Gasteiger partial charge in [0.25, 0.3) is 5.91 Å². The number of carboxylic acid groups (broad SMARTS) is 1. The van der Waals surface area contributed by atoms with Crippen molar-refractivity contribution in [2.24, 2.45) is 0 Å². The normalized spacial score (nSPS) is 10.2. The molecule has 0 fully saturated rings. The molecule has 1 amide bonds. The molecule has 0 atom stereocenters. The van der Waals surface area contributed by atoms with Gasteiger partial charge in [0, 0.05) is 10.9 Å². The van der Waals surface area contributed by atoms with E-state index in [0.717, 1.165) is 23.8 Å². The number of amides is 1. The third kappa shape index (κ3) is 3.66. The van der Waals surface area contributed by atoms with Gasteiger partial charge in [-0.2, -0.15) is 0 Å². The largest absolute Gasteiger partial charge is 0.478 e. The second-order valence-electron chi connectivity index (χ2n) is 4.28. The molecule has 2 rings (SSSR count). The van der Waals surface area contributed by atoms with Crippen LogP contribution in [0.25, 0.3) is 0 Å². The van der Waals surface area contributed by atoms with E-state index >= 15 is 0 Å². The van der Waals surface area contributed by atoms with E-state index in [0.29, 0.717) is 10.9 Å². The molecule has 2 aromatic carbocycles. The van der Waals surface area contributed by atoms with Crippen LogP contribution < -0.4 is 5.32 Å². The van der Waals surface area contributed by atoms with Gasteiger partial charge in [-0.3, -0.25) is 4.79 Å². The number of halogens is 2. The smallest absolute Gasteiger partial charge is 0.335 e. The maximum absolute atomic E-state index is 13.6. The predicted octanol–water partition coefficient (Wildman–Crippen LogP) is 3.67. The van der Waals surface area contributed by atoms with Crippen molar-refractivity contribution in [2.75, 3.05) is 5.32 Å². The summed E-state index contributed by atoms with van der Waals surface area (Å²) in [5.41, 5.74) is 1.11. The zero-order chi connectivity index (χ0) is 15.4. The van der Waals surface area contributed by atoms with Gasteiger partial charge < -0.3 is 10.4 Å². The van der Waals surface area contributed by atoms with Crippen LogP contribution in [-0.4, -0.2) is 17.0 Å². The Morgan fingerprint density at radius 2 is 1.71 bits per heavy atom. The zero-order valence-corrected chi connectivity index (χ0v) is 12.4. The zero-order valence-electron chi connectivity index (χ0n) is 10.8. The lowest BCUT2D eigenvalue weighted by Crippen LogP contribution is -2.13. The fourth-order valence-electron chi connectivity index (χ4n) is 1.69. The average molecular weight is 352 g/mol. The number of carbonyl (C=O) groups is 2. The molecule has 0 heterocycles. The van der Waals surface area contributed by atoms with Gasteiger partial charge >= 0.3 is 5.97 Å². The molecule has 0 unspecified atom stereocenters. The molecule has 108 valence electrons. The van der Waals surface area contributed by atoms with Gasteiger partial charge in [-0.15, -0.1) is 0 Å². The Hall–Kier alpha value is -2.21. The molecule has 0 aliphatic heterocycles. The van der Waals surface area contributed by atoms with E-state index in [1.165, 1.54) is 0 Å². The number of anilines is 1. The number of benzene rings is 2. The quantitative estimate of drug-likeness (QED) is 0.825. The number of hydrogen-bond donors (Lipinski definition) is 2. The summed E-state index contributed by atoms with van der Waals surface area (Å²) in [6.45, 7) is 0. The van der Waals surface area contributed by atoms with Gasteiger partial charge in [-0.25, -0.2) is 9.18 Å². The molecule has 0 aromatic heterocycles. The van der Waals surface area contributed by atoms with E-state index < -0.39 is 17.7 Å². The van der Waals surface area contributed by atoms with Crippen molar-refractivity contribution >= 4 is 33.5 Å². The van der Waals surface area contributed by atoms with Gasteiger partial charge in [0.1, 0.15) is 5.82 Å². The van der Waals surface area contributed by atoms with Crippen molar-refractivity contribution in [3.63, 3.8) is 0 Å². The number of rotatable bonds is 4. The maximum atomic E-state index is 13.6. The highest BCUT2D eigenvalue weighted by molar-refractivity contribution is 9.08. The predicted molar refractivity (Wildman–Crippen MR) is 80.4 cm³/mol. The van der Waals surface area contributed by atoms with Crippen molar-refractivity contribution < 1.29 is 19.1 Å². The summed E-state index contributed by atoms with van der Waals surface area (Å²) in [5, 5.41) is 11.9. The summed E-state index contributed by atoms with van der Waals surface area (Å²) in [5.74, 6) is -2.38. The van der Waals surface area contributed by atoms with Crippen molar-refractivity contribution in [3.05, 3.63) is 65.0 Å². The molecular weight excluding hydrogens is 341 g/mol. The second-order valence-corrected chi connectivity index (χ2v) is 4.85. The number of alkyl halides is 1. The fraction of sp³-hybridized carbons (Fsp3) is 0.0667. The number of hydrogen-bond acceptors (Lipinski definition) is 2. The van der Waals surface area contributed by atoms with Crippen molar-refractivity contribution in [1.29, 1.82) is 0 Å². The molecule has 6 heteroatoms. The first-order valence-electron chi connectivity index (χ1n) is 6.00. The molecule has 0 aliphatic rings. The van der Waals surface area contributed by atoms with Crippen LogP contribution in [0, 0.1) is 5.82 Å². The summed E-state index contributed by atoms with van der Waals surface area (Å²) in [6, 6.07) is 10.0. The van der Waals surface area contributed by atoms with Crippen LogP contribution in [0.15, 0.2) is 42.5 Å². The van der Waals surface area contributed by atoms with Crippen LogP contribution in [0.5, 0.6) is 0 Å². The van der Waals surface area contributed by atoms with Crippen molar-refractivity contribution in [3.8, 4) is 0 Å². The average Bonchev–Trinajstić information content (AvgIpc) is 2.49. The van der Waals surface area contributed by atoms with E-state index in [9.17, 15) is 14.0 Å². The standard InChI is InChI=1S/C15H11BrFNO3/c16-8-9-1-3-10(4-2-9)14(19)18-13-7-11(15(20)21)5-6-12(13)17/h1-7H,8H2,(H,18,19)(H,20,21). The summed E-state index contributed by atoms with van der Waals surface area (Å²) in [7, 11) is 0. The summed E-state index contributed by atoms with van der Waals surface area (Å²) in [6.07, 6.45) is 0. The van der Waals surface area contributed by atoms with E-state index in [1.54, 1.807) is 24.3 Å². The highest BCUT2D eigenvalue weighted by atomic mass is 79.9. The minimum Gasteiger partial charge on any atom is -0.478 e. The van der Waals surface area contributed by atoms with E-state index in [4.69, 9.17) is 5.11 Å². The first kappa shape index (κ1) is 15.2. The molecule has 21 heavy (non-hydrogen) atoms. The van der Waals surface area contributed by atoms with Crippen LogP contribution in [-0.2, 0) is 5.33 Å². The molecule has 0 aliphatic carbocycles. The summed E-state index contributed by atoms with van der Waals surface area (Å²) >= 11 is 3.30.